The number of likely N-dealkylation sites (tertiary alicyclic amines) is 1. The monoisotopic (exact) mass is 306 g/mol. The van der Waals surface area contributed by atoms with Crippen molar-refractivity contribution in [3.05, 3.63) is 34.3 Å². The minimum Gasteiger partial charge on any atom is -0.306 e. The Morgan fingerprint density at radius 1 is 1.33 bits per heavy atom. The maximum absolute atomic E-state index is 6.24. The van der Waals surface area contributed by atoms with Crippen LogP contribution in [0, 0.1) is 11.3 Å². The second-order valence-corrected chi connectivity index (χ2v) is 8.18. The molecule has 0 amide bonds. The molecule has 1 aliphatic carbocycles. The predicted molar refractivity (Wildman–Crippen MR) is 89.9 cm³/mol. The van der Waals surface area contributed by atoms with E-state index in [1.54, 1.807) is 0 Å². The largest absolute Gasteiger partial charge is 0.306 e. The van der Waals surface area contributed by atoms with Crippen molar-refractivity contribution in [3.8, 4) is 0 Å². The minimum atomic E-state index is 0.260. The first-order chi connectivity index (χ1) is 9.87. The Morgan fingerprint density at radius 3 is 2.81 bits per heavy atom. The number of hydrogen-bond acceptors (Lipinski definition) is 2. The highest BCUT2D eigenvalue weighted by Crippen LogP contribution is 2.46. The van der Waals surface area contributed by atoms with Gasteiger partial charge in [0.15, 0.2) is 0 Å². The first-order valence-corrected chi connectivity index (χ1v) is 8.47. The number of benzene rings is 1. The molecule has 1 aliphatic heterocycles. The van der Waals surface area contributed by atoms with Gasteiger partial charge in [-0.3, -0.25) is 0 Å². The fourth-order valence-electron chi connectivity index (χ4n) is 4.14. The molecule has 1 fully saturated rings. The fraction of sp³-hybridized carbons (Fsp3) is 0.667. The Bertz CT molecular complexity index is 526. The molecule has 3 heteroatoms. The zero-order valence-electron chi connectivity index (χ0n) is 13.6. The quantitative estimate of drug-likeness (QED) is 0.891. The summed E-state index contributed by atoms with van der Waals surface area (Å²) in [5, 5.41) is 4.83. The summed E-state index contributed by atoms with van der Waals surface area (Å²) in [5.41, 5.74) is 3.14. The topological polar surface area (TPSA) is 15.3 Å². The van der Waals surface area contributed by atoms with Crippen LogP contribution in [0.5, 0.6) is 0 Å². The van der Waals surface area contributed by atoms with E-state index in [9.17, 15) is 0 Å². The number of nitrogens with zero attached hydrogens (tertiary/aromatic N) is 1. The van der Waals surface area contributed by atoms with Crippen LogP contribution in [0.4, 0.5) is 0 Å². The number of halogens is 1. The van der Waals surface area contributed by atoms with Gasteiger partial charge in [-0.2, -0.15) is 0 Å². The second kappa shape index (κ2) is 5.57. The third kappa shape index (κ3) is 2.99. The van der Waals surface area contributed by atoms with Crippen LogP contribution < -0.4 is 5.32 Å². The van der Waals surface area contributed by atoms with Gasteiger partial charge in [-0.25, -0.2) is 0 Å². The molecule has 0 radical (unpaired) electrons. The van der Waals surface area contributed by atoms with E-state index in [2.05, 4.69) is 50.2 Å². The van der Waals surface area contributed by atoms with Gasteiger partial charge in [-0.05, 0) is 61.0 Å². The van der Waals surface area contributed by atoms with Crippen LogP contribution in [0.25, 0.3) is 0 Å². The SMILES string of the molecule is CC1CN(C)CCC1NC1c2cc(Cl)ccc2CC1(C)C. The van der Waals surface area contributed by atoms with Gasteiger partial charge in [-0.15, -0.1) is 0 Å². The van der Waals surface area contributed by atoms with E-state index in [1.807, 2.05) is 6.07 Å². The molecule has 0 bridgehead atoms. The number of hydrogen-bond donors (Lipinski definition) is 1. The zero-order valence-corrected chi connectivity index (χ0v) is 14.4. The van der Waals surface area contributed by atoms with Crippen LogP contribution in [-0.4, -0.2) is 31.1 Å². The molecule has 1 heterocycles. The molecule has 3 atom stereocenters. The Morgan fingerprint density at radius 2 is 2.10 bits per heavy atom. The van der Waals surface area contributed by atoms with E-state index >= 15 is 0 Å². The van der Waals surface area contributed by atoms with Crippen molar-refractivity contribution in [1.29, 1.82) is 0 Å². The van der Waals surface area contributed by atoms with E-state index in [-0.39, 0.29) is 5.41 Å². The summed E-state index contributed by atoms with van der Waals surface area (Å²) in [5.74, 6) is 0.697. The van der Waals surface area contributed by atoms with Gasteiger partial charge in [0.25, 0.3) is 0 Å². The average Bonchev–Trinajstić information content (AvgIpc) is 2.63. The Labute approximate surface area is 133 Å². The highest BCUT2D eigenvalue weighted by Gasteiger charge is 2.41. The molecule has 1 aromatic rings. The van der Waals surface area contributed by atoms with E-state index in [0.717, 1.165) is 11.4 Å². The molecule has 1 N–H and O–H groups in total. The molecule has 0 saturated carbocycles. The molecule has 0 aromatic heterocycles. The van der Waals surface area contributed by atoms with Crippen LogP contribution in [0.1, 0.15) is 44.4 Å². The molecule has 116 valence electrons. The van der Waals surface area contributed by atoms with E-state index < -0.39 is 0 Å². The smallest absolute Gasteiger partial charge is 0.0409 e. The van der Waals surface area contributed by atoms with Crippen molar-refractivity contribution in [3.63, 3.8) is 0 Å². The third-order valence-corrected chi connectivity index (χ3v) is 5.57. The van der Waals surface area contributed by atoms with Crippen molar-refractivity contribution in [2.75, 3.05) is 20.1 Å². The lowest BCUT2D eigenvalue weighted by Crippen LogP contribution is -2.49. The lowest BCUT2D eigenvalue weighted by molar-refractivity contribution is 0.142. The normalized spacial score (nSPS) is 32.1. The van der Waals surface area contributed by atoms with Crippen LogP contribution in [0.15, 0.2) is 18.2 Å². The van der Waals surface area contributed by atoms with E-state index in [0.29, 0.717) is 18.0 Å². The summed E-state index contributed by atoms with van der Waals surface area (Å²) in [4.78, 5) is 2.44. The summed E-state index contributed by atoms with van der Waals surface area (Å²) in [7, 11) is 2.22. The van der Waals surface area contributed by atoms with E-state index in [1.165, 1.54) is 30.6 Å². The van der Waals surface area contributed by atoms with Gasteiger partial charge >= 0.3 is 0 Å². The first-order valence-electron chi connectivity index (χ1n) is 8.10. The van der Waals surface area contributed by atoms with E-state index in [4.69, 9.17) is 11.6 Å². The van der Waals surface area contributed by atoms with Crippen molar-refractivity contribution in [2.24, 2.45) is 11.3 Å². The molecule has 1 aromatic carbocycles. The van der Waals surface area contributed by atoms with Crippen molar-refractivity contribution < 1.29 is 0 Å². The van der Waals surface area contributed by atoms with Crippen molar-refractivity contribution in [1.82, 2.24) is 10.2 Å². The Hall–Kier alpha value is -0.570. The number of rotatable bonds is 2. The van der Waals surface area contributed by atoms with Crippen LogP contribution in [0.2, 0.25) is 5.02 Å². The van der Waals surface area contributed by atoms with Crippen molar-refractivity contribution in [2.45, 2.75) is 45.7 Å². The average molecular weight is 307 g/mol. The molecular weight excluding hydrogens is 280 g/mol. The summed E-state index contributed by atoms with van der Waals surface area (Å²) in [6, 6.07) is 7.43. The van der Waals surface area contributed by atoms with Gasteiger partial charge < -0.3 is 10.2 Å². The predicted octanol–water partition coefficient (Wildman–Crippen LogP) is 3.89. The highest BCUT2D eigenvalue weighted by atomic mass is 35.5. The van der Waals surface area contributed by atoms with Crippen LogP contribution in [-0.2, 0) is 6.42 Å². The highest BCUT2D eigenvalue weighted by molar-refractivity contribution is 6.30. The third-order valence-electron chi connectivity index (χ3n) is 5.34. The summed E-state index contributed by atoms with van der Waals surface area (Å²) >= 11 is 6.24. The van der Waals surface area contributed by atoms with Gasteiger partial charge in [0.1, 0.15) is 0 Å². The molecule has 21 heavy (non-hydrogen) atoms. The molecule has 3 rings (SSSR count). The maximum Gasteiger partial charge on any atom is 0.0409 e. The molecule has 2 aliphatic rings. The Balaban J connectivity index is 1.83. The zero-order chi connectivity index (χ0) is 15.2. The summed E-state index contributed by atoms with van der Waals surface area (Å²) < 4.78 is 0. The summed E-state index contributed by atoms with van der Waals surface area (Å²) in [6.07, 6.45) is 2.37. The maximum atomic E-state index is 6.24. The molecule has 3 unspecified atom stereocenters. The lowest BCUT2D eigenvalue weighted by Gasteiger charge is -2.40. The first kappa shape index (κ1) is 15.3. The second-order valence-electron chi connectivity index (χ2n) is 7.74. The van der Waals surface area contributed by atoms with Crippen LogP contribution in [0.3, 0.4) is 0 Å². The van der Waals surface area contributed by atoms with Gasteiger partial charge in [0.2, 0.25) is 0 Å². The molecule has 1 saturated heterocycles. The molecular formula is C18H27ClN2. The molecule has 0 spiro atoms. The fourth-order valence-corrected chi connectivity index (χ4v) is 4.32. The number of fused-ring (bicyclic) bond motifs is 1. The van der Waals surface area contributed by atoms with Gasteiger partial charge in [0, 0.05) is 23.7 Å². The summed E-state index contributed by atoms with van der Waals surface area (Å²) in [6.45, 7) is 9.50. The number of nitrogens with one attached hydrogen (secondary N) is 1. The standard InChI is InChI=1S/C18H27ClN2/c1-12-11-21(4)8-7-16(12)20-17-15-9-14(19)6-5-13(15)10-18(17,2)3/h5-6,9,12,16-17,20H,7-8,10-11H2,1-4H3. The van der Waals surface area contributed by atoms with Gasteiger partial charge in [-0.1, -0.05) is 38.4 Å². The van der Waals surface area contributed by atoms with Crippen LogP contribution >= 0.6 is 11.6 Å². The van der Waals surface area contributed by atoms with Gasteiger partial charge in [0.05, 0.1) is 0 Å². The molecule has 2 nitrogen and oxygen atoms in total. The lowest BCUT2D eigenvalue weighted by atomic mass is 9.83. The number of piperidine rings is 1. The Kier molecular flexibility index (Phi) is 4.06. The van der Waals surface area contributed by atoms with Crippen molar-refractivity contribution >= 4 is 11.6 Å². The minimum absolute atomic E-state index is 0.260.